The Labute approximate surface area is 153 Å². The number of rotatable bonds is 4. The van der Waals surface area contributed by atoms with Gasteiger partial charge in [-0.25, -0.2) is 0 Å². The van der Waals surface area contributed by atoms with Gasteiger partial charge in [-0.2, -0.15) is 0 Å². The largest absolute Gasteiger partial charge is 0.490 e. The van der Waals surface area contributed by atoms with E-state index in [0.717, 1.165) is 24.7 Å². The summed E-state index contributed by atoms with van der Waals surface area (Å²) in [6.45, 7) is 2.23. The van der Waals surface area contributed by atoms with Crippen LogP contribution in [0.1, 0.15) is 5.56 Å². The first-order chi connectivity index (χ1) is 10.9. The van der Waals surface area contributed by atoms with E-state index in [2.05, 4.69) is 44.5 Å². The normalized spacial score (nSPS) is 13.3. The molecule has 0 aliphatic carbocycles. The predicted octanol–water partition coefficient (Wildman–Crippen LogP) is 2.72. The molecule has 0 saturated heterocycles. The van der Waals surface area contributed by atoms with Gasteiger partial charge in [0.2, 0.25) is 0 Å². The number of hydrogen-bond acceptors (Lipinski definition) is 3. The van der Waals surface area contributed by atoms with E-state index in [9.17, 15) is 0 Å². The monoisotopic (exact) mass is 424 g/mol. The average Bonchev–Trinajstić information content (AvgIpc) is 3.00. The summed E-state index contributed by atoms with van der Waals surface area (Å²) in [7, 11) is 1.81. The Balaban J connectivity index is 0.00000192. The Morgan fingerprint density at radius 3 is 2.96 bits per heavy atom. The van der Waals surface area contributed by atoms with E-state index in [1.165, 1.54) is 11.3 Å². The number of nitrogens with one attached hydrogen (secondary N) is 1. The number of hydrogen-bond donors (Lipinski definition) is 1. The van der Waals surface area contributed by atoms with Crippen LogP contribution in [-0.4, -0.2) is 37.7 Å². The zero-order valence-corrected chi connectivity index (χ0v) is 15.4. The minimum Gasteiger partial charge on any atom is -0.490 e. The van der Waals surface area contributed by atoms with Gasteiger partial charge in [0.1, 0.15) is 12.4 Å². The molecule has 5 nitrogen and oxygen atoms in total. The summed E-state index contributed by atoms with van der Waals surface area (Å²) in [5.74, 6) is 1.67. The number of aromatic nitrogens is 1. The quantitative estimate of drug-likeness (QED) is 0.355. The molecular weight excluding hydrogens is 403 g/mol. The van der Waals surface area contributed by atoms with Gasteiger partial charge < -0.3 is 15.0 Å². The molecule has 6 heteroatoms. The highest BCUT2D eigenvalue weighted by Gasteiger charge is 2.21. The van der Waals surface area contributed by atoms with E-state index in [0.29, 0.717) is 13.2 Å². The van der Waals surface area contributed by atoms with E-state index >= 15 is 0 Å². The molecule has 0 fully saturated rings. The van der Waals surface area contributed by atoms with Crippen molar-refractivity contribution in [3.63, 3.8) is 0 Å². The van der Waals surface area contributed by atoms with Gasteiger partial charge in [0.15, 0.2) is 5.96 Å². The van der Waals surface area contributed by atoms with Crippen LogP contribution in [0.25, 0.3) is 0 Å². The van der Waals surface area contributed by atoms with Crippen molar-refractivity contribution in [2.24, 2.45) is 4.99 Å². The fraction of sp³-hybridized carbons (Fsp3) is 0.294. The lowest BCUT2D eigenvalue weighted by Gasteiger charge is -2.22. The second-order valence-corrected chi connectivity index (χ2v) is 5.04. The molecule has 23 heavy (non-hydrogen) atoms. The van der Waals surface area contributed by atoms with Crippen molar-refractivity contribution < 1.29 is 4.74 Å². The molecule has 1 aliphatic rings. The first kappa shape index (κ1) is 17.5. The van der Waals surface area contributed by atoms with Crippen LogP contribution < -0.4 is 15.0 Å². The van der Waals surface area contributed by atoms with E-state index in [1.807, 2.05) is 19.2 Å². The van der Waals surface area contributed by atoms with Crippen LogP contribution in [0.4, 0.5) is 5.69 Å². The molecule has 1 aromatic heterocycles. The minimum atomic E-state index is 0. The summed E-state index contributed by atoms with van der Waals surface area (Å²) in [4.78, 5) is 10.6. The predicted molar refractivity (Wildman–Crippen MR) is 104 cm³/mol. The summed E-state index contributed by atoms with van der Waals surface area (Å²) in [5, 5.41) is 3.35. The minimum absolute atomic E-state index is 0. The van der Waals surface area contributed by atoms with E-state index in [4.69, 9.17) is 4.74 Å². The number of halogens is 1. The zero-order chi connectivity index (χ0) is 15.2. The third kappa shape index (κ3) is 4.34. The van der Waals surface area contributed by atoms with Crippen molar-refractivity contribution in [1.29, 1.82) is 0 Å². The summed E-state index contributed by atoms with van der Waals surface area (Å²) < 4.78 is 5.63. The van der Waals surface area contributed by atoms with Gasteiger partial charge in [0.05, 0.1) is 12.7 Å². The molecule has 0 amide bonds. The van der Waals surface area contributed by atoms with Crippen LogP contribution in [0.2, 0.25) is 0 Å². The summed E-state index contributed by atoms with van der Waals surface area (Å²) in [5.41, 5.74) is 2.61. The molecule has 122 valence electrons. The third-order valence-corrected chi connectivity index (χ3v) is 3.64. The summed E-state index contributed by atoms with van der Waals surface area (Å²) >= 11 is 0. The number of anilines is 1. The third-order valence-electron chi connectivity index (χ3n) is 3.64. The fourth-order valence-electron chi connectivity index (χ4n) is 2.62. The Bertz CT molecular complexity index is 648. The van der Waals surface area contributed by atoms with E-state index in [-0.39, 0.29) is 24.0 Å². The Morgan fingerprint density at radius 1 is 1.30 bits per heavy atom. The first-order valence-electron chi connectivity index (χ1n) is 7.47. The van der Waals surface area contributed by atoms with Crippen molar-refractivity contribution in [3.05, 3.63) is 54.4 Å². The molecule has 1 N–H and O–H groups in total. The SMILES string of the molecule is CN=C(NCCOc1cccnc1)N1CCc2ccccc21.I. The molecule has 0 atom stereocenters. The molecule has 2 heterocycles. The second-order valence-electron chi connectivity index (χ2n) is 5.04. The standard InChI is InChI=1S/C17H20N4O.HI/c1-18-17(20-10-12-22-15-6-4-9-19-13-15)21-11-8-14-5-2-3-7-16(14)21;/h2-7,9,13H,8,10-12H2,1H3,(H,18,20);1H. The fourth-order valence-corrected chi connectivity index (χ4v) is 2.62. The van der Waals surface area contributed by atoms with Crippen molar-refractivity contribution in [2.45, 2.75) is 6.42 Å². The van der Waals surface area contributed by atoms with Crippen molar-refractivity contribution in [3.8, 4) is 5.75 Å². The van der Waals surface area contributed by atoms with Crippen LogP contribution >= 0.6 is 24.0 Å². The highest BCUT2D eigenvalue weighted by atomic mass is 127. The van der Waals surface area contributed by atoms with Gasteiger partial charge in [-0.15, -0.1) is 24.0 Å². The lowest BCUT2D eigenvalue weighted by atomic mass is 10.2. The number of pyridine rings is 1. The molecule has 0 saturated carbocycles. The van der Waals surface area contributed by atoms with Crippen LogP contribution in [-0.2, 0) is 6.42 Å². The molecule has 2 aromatic rings. The van der Waals surface area contributed by atoms with Gasteiger partial charge >= 0.3 is 0 Å². The number of nitrogens with zero attached hydrogens (tertiary/aromatic N) is 3. The lowest BCUT2D eigenvalue weighted by Crippen LogP contribution is -2.42. The zero-order valence-electron chi connectivity index (χ0n) is 13.1. The Morgan fingerprint density at radius 2 is 2.17 bits per heavy atom. The van der Waals surface area contributed by atoms with Crippen LogP contribution in [0, 0.1) is 0 Å². The van der Waals surface area contributed by atoms with Crippen LogP contribution in [0.15, 0.2) is 53.8 Å². The Hall–Kier alpha value is -1.83. The smallest absolute Gasteiger partial charge is 0.198 e. The Kier molecular flexibility index (Phi) is 6.64. The lowest BCUT2D eigenvalue weighted by molar-refractivity contribution is 0.321. The number of fused-ring (bicyclic) bond motifs is 1. The molecule has 0 spiro atoms. The topological polar surface area (TPSA) is 49.8 Å². The number of ether oxygens (including phenoxy) is 1. The maximum atomic E-state index is 5.63. The van der Waals surface area contributed by atoms with E-state index in [1.54, 1.807) is 12.4 Å². The molecule has 1 aliphatic heterocycles. The average molecular weight is 424 g/mol. The molecule has 3 rings (SSSR count). The highest BCUT2D eigenvalue weighted by molar-refractivity contribution is 14.0. The van der Waals surface area contributed by atoms with Crippen molar-refractivity contribution >= 4 is 35.6 Å². The van der Waals surface area contributed by atoms with E-state index < -0.39 is 0 Å². The van der Waals surface area contributed by atoms with Crippen LogP contribution in [0.5, 0.6) is 5.75 Å². The molecular formula is C17H21IN4O. The summed E-state index contributed by atoms with van der Waals surface area (Å²) in [6, 6.07) is 12.2. The van der Waals surface area contributed by atoms with Gasteiger partial charge in [-0.05, 0) is 30.2 Å². The first-order valence-corrected chi connectivity index (χ1v) is 7.47. The number of benzene rings is 1. The molecule has 1 aromatic carbocycles. The number of para-hydroxylation sites is 1. The van der Waals surface area contributed by atoms with Gasteiger partial charge in [0, 0.05) is 25.5 Å². The molecule has 0 bridgehead atoms. The second kappa shape index (κ2) is 8.71. The molecule has 0 radical (unpaired) electrons. The van der Waals surface area contributed by atoms with Crippen molar-refractivity contribution in [1.82, 2.24) is 10.3 Å². The summed E-state index contributed by atoms with van der Waals surface area (Å²) in [6.07, 6.45) is 4.51. The van der Waals surface area contributed by atoms with Gasteiger partial charge in [0.25, 0.3) is 0 Å². The highest BCUT2D eigenvalue weighted by Crippen LogP contribution is 2.27. The van der Waals surface area contributed by atoms with Gasteiger partial charge in [-0.3, -0.25) is 9.98 Å². The maximum absolute atomic E-state index is 5.63. The maximum Gasteiger partial charge on any atom is 0.198 e. The number of guanidine groups is 1. The molecule has 0 unspecified atom stereocenters. The van der Waals surface area contributed by atoms with Crippen molar-refractivity contribution in [2.75, 3.05) is 31.6 Å². The van der Waals surface area contributed by atoms with Crippen LogP contribution in [0.3, 0.4) is 0 Å². The number of aliphatic imine (C=N–C) groups is 1. The van der Waals surface area contributed by atoms with Gasteiger partial charge in [-0.1, -0.05) is 18.2 Å².